The molecule has 0 aromatic heterocycles. The number of carbonyl (C=O) groups excluding carboxylic acids is 2. The molecule has 0 aliphatic heterocycles. The second kappa shape index (κ2) is 8.54. The number of ketones is 2. The Bertz CT molecular complexity index is 1640. The topological polar surface area (TPSA) is 136 Å². The number of aromatic hydroxyl groups is 1. The van der Waals surface area contributed by atoms with Gasteiger partial charge in [0.25, 0.3) is 10.0 Å². The van der Waals surface area contributed by atoms with E-state index in [0.717, 1.165) is 5.56 Å². The van der Waals surface area contributed by atoms with Gasteiger partial charge < -0.3 is 15.6 Å². The summed E-state index contributed by atoms with van der Waals surface area (Å²) in [5.41, 5.74) is 6.98. The van der Waals surface area contributed by atoms with Gasteiger partial charge in [0.1, 0.15) is 11.5 Å². The number of phenols is 1. The molecule has 0 spiro atoms. The van der Waals surface area contributed by atoms with E-state index in [1.807, 2.05) is 6.92 Å². The number of anilines is 2. The number of ether oxygens (including phenoxy) is 1. The summed E-state index contributed by atoms with van der Waals surface area (Å²) < 4.78 is 34.7. The molecule has 5 rings (SSSR count). The molecule has 4 aromatic rings. The van der Waals surface area contributed by atoms with Crippen molar-refractivity contribution < 1.29 is 27.9 Å². The van der Waals surface area contributed by atoms with Crippen molar-refractivity contribution in [3.05, 3.63) is 107 Å². The summed E-state index contributed by atoms with van der Waals surface area (Å²) in [6.07, 6.45) is 0. The van der Waals surface area contributed by atoms with Crippen LogP contribution in [-0.4, -0.2) is 25.1 Å². The predicted molar refractivity (Wildman–Crippen MR) is 134 cm³/mol. The molecule has 0 saturated heterocycles. The third-order valence-corrected chi connectivity index (χ3v) is 7.22. The zero-order valence-corrected chi connectivity index (χ0v) is 19.8. The Hall–Kier alpha value is -4.63. The Kier molecular flexibility index (Phi) is 5.49. The van der Waals surface area contributed by atoms with Gasteiger partial charge in [0.05, 0.1) is 27.4 Å². The zero-order chi connectivity index (χ0) is 25.6. The van der Waals surface area contributed by atoms with Gasteiger partial charge in [0, 0.05) is 17.2 Å². The average Bonchev–Trinajstić information content (AvgIpc) is 2.86. The SMILES string of the molecule is Cc1ccc(S(=O)(=O)Nc2cc(Oc3ccc(O)cc3)c(N)c3c2C(=O)c2ccccc2C3=O)cc1. The van der Waals surface area contributed by atoms with Gasteiger partial charge >= 0.3 is 0 Å². The highest BCUT2D eigenvalue weighted by molar-refractivity contribution is 7.92. The maximum atomic E-state index is 13.5. The van der Waals surface area contributed by atoms with Gasteiger partial charge in [-0.2, -0.15) is 0 Å². The molecule has 0 saturated carbocycles. The quantitative estimate of drug-likeness (QED) is 0.299. The number of carbonyl (C=O) groups is 2. The molecule has 0 fully saturated rings. The van der Waals surface area contributed by atoms with Crippen LogP contribution in [-0.2, 0) is 10.0 Å². The summed E-state index contributed by atoms with van der Waals surface area (Å²) in [5.74, 6) is -0.789. The Labute approximate surface area is 207 Å². The standard InChI is InChI=1S/C27H20N2O6S/c1-15-6-12-18(13-7-15)36(33,34)29-21-14-22(35-17-10-8-16(30)9-11-17)25(28)24-23(21)26(31)19-4-2-3-5-20(19)27(24)32/h2-14,29-30H,28H2,1H3. The van der Waals surface area contributed by atoms with E-state index < -0.39 is 21.6 Å². The fourth-order valence-electron chi connectivity index (χ4n) is 4.02. The van der Waals surface area contributed by atoms with E-state index in [-0.39, 0.29) is 55.8 Å². The molecule has 0 heterocycles. The van der Waals surface area contributed by atoms with Crippen LogP contribution in [0, 0.1) is 6.92 Å². The van der Waals surface area contributed by atoms with Crippen LogP contribution in [0.5, 0.6) is 17.2 Å². The van der Waals surface area contributed by atoms with Gasteiger partial charge in [-0.15, -0.1) is 0 Å². The lowest BCUT2D eigenvalue weighted by molar-refractivity contribution is 0.0980. The second-order valence-electron chi connectivity index (χ2n) is 8.30. The first-order valence-corrected chi connectivity index (χ1v) is 12.4. The molecule has 0 amide bonds. The van der Waals surface area contributed by atoms with Crippen molar-refractivity contribution in [1.82, 2.24) is 0 Å². The number of hydrogen-bond acceptors (Lipinski definition) is 7. The maximum Gasteiger partial charge on any atom is 0.261 e. The molecule has 1 aliphatic rings. The molecule has 0 bridgehead atoms. The van der Waals surface area contributed by atoms with Crippen molar-refractivity contribution in [2.24, 2.45) is 0 Å². The highest BCUT2D eigenvalue weighted by atomic mass is 32.2. The number of hydrogen-bond donors (Lipinski definition) is 3. The van der Waals surface area contributed by atoms with E-state index in [0.29, 0.717) is 0 Å². The number of aryl methyl sites for hydroxylation is 1. The van der Waals surface area contributed by atoms with Crippen molar-refractivity contribution in [2.45, 2.75) is 11.8 Å². The lowest BCUT2D eigenvalue weighted by Crippen LogP contribution is -2.25. The van der Waals surface area contributed by atoms with Crippen molar-refractivity contribution >= 4 is 33.0 Å². The summed E-state index contributed by atoms with van der Waals surface area (Å²) in [7, 11) is -4.13. The first kappa shape index (κ1) is 23.1. The first-order valence-electron chi connectivity index (χ1n) is 10.9. The van der Waals surface area contributed by atoms with E-state index in [9.17, 15) is 23.1 Å². The Morgan fingerprint density at radius 2 is 1.42 bits per heavy atom. The molecule has 0 radical (unpaired) electrons. The Morgan fingerprint density at radius 1 is 0.833 bits per heavy atom. The van der Waals surface area contributed by atoms with Crippen LogP contribution in [0.1, 0.15) is 37.4 Å². The summed E-state index contributed by atoms with van der Waals surface area (Å²) in [6.45, 7) is 1.83. The summed E-state index contributed by atoms with van der Waals surface area (Å²) in [4.78, 5) is 26.9. The van der Waals surface area contributed by atoms with E-state index in [1.165, 1.54) is 54.6 Å². The highest BCUT2D eigenvalue weighted by Gasteiger charge is 2.36. The third-order valence-electron chi connectivity index (χ3n) is 5.84. The van der Waals surface area contributed by atoms with Gasteiger partial charge in [-0.25, -0.2) is 8.42 Å². The van der Waals surface area contributed by atoms with Crippen LogP contribution >= 0.6 is 0 Å². The van der Waals surface area contributed by atoms with Gasteiger partial charge in [-0.1, -0.05) is 42.0 Å². The predicted octanol–water partition coefficient (Wildman–Crippen LogP) is 4.65. The summed E-state index contributed by atoms with van der Waals surface area (Å²) >= 11 is 0. The average molecular weight is 501 g/mol. The summed E-state index contributed by atoms with van der Waals surface area (Å²) in [5, 5.41) is 9.55. The van der Waals surface area contributed by atoms with Gasteiger partial charge in [0.15, 0.2) is 17.3 Å². The van der Waals surface area contributed by atoms with Gasteiger partial charge in [-0.3, -0.25) is 14.3 Å². The first-order chi connectivity index (χ1) is 17.2. The van der Waals surface area contributed by atoms with Crippen LogP contribution in [0.4, 0.5) is 11.4 Å². The number of rotatable bonds is 5. The Morgan fingerprint density at radius 3 is 2.03 bits per heavy atom. The molecule has 0 unspecified atom stereocenters. The largest absolute Gasteiger partial charge is 0.508 e. The van der Waals surface area contributed by atoms with E-state index in [1.54, 1.807) is 24.3 Å². The number of phenolic OH excluding ortho intramolecular Hbond substituents is 1. The lowest BCUT2D eigenvalue weighted by atomic mass is 9.82. The molecule has 8 nitrogen and oxygen atoms in total. The molecular formula is C27H20N2O6S. The number of sulfonamides is 1. The second-order valence-corrected chi connectivity index (χ2v) is 9.99. The zero-order valence-electron chi connectivity index (χ0n) is 19.0. The van der Waals surface area contributed by atoms with Crippen LogP contribution in [0.25, 0.3) is 0 Å². The molecule has 36 heavy (non-hydrogen) atoms. The third kappa shape index (κ3) is 3.95. The fraction of sp³-hybridized carbons (Fsp3) is 0.0370. The molecule has 9 heteroatoms. The molecule has 1 aliphatic carbocycles. The highest BCUT2D eigenvalue weighted by Crippen LogP contribution is 2.42. The van der Waals surface area contributed by atoms with Crippen LogP contribution in [0.2, 0.25) is 0 Å². The number of nitrogens with one attached hydrogen (secondary N) is 1. The fourth-order valence-corrected chi connectivity index (χ4v) is 5.08. The van der Waals surface area contributed by atoms with Crippen molar-refractivity contribution in [2.75, 3.05) is 10.5 Å². The molecule has 4 aromatic carbocycles. The monoisotopic (exact) mass is 500 g/mol. The van der Waals surface area contributed by atoms with Crippen LogP contribution in [0.3, 0.4) is 0 Å². The minimum absolute atomic E-state index is 0.0182. The van der Waals surface area contributed by atoms with E-state index in [2.05, 4.69) is 4.72 Å². The van der Waals surface area contributed by atoms with Crippen molar-refractivity contribution in [1.29, 1.82) is 0 Å². The van der Waals surface area contributed by atoms with Crippen molar-refractivity contribution in [3.8, 4) is 17.2 Å². The maximum absolute atomic E-state index is 13.5. The minimum atomic E-state index is -4.13. The van der Waals surface area contributed by atoms with E-state index >= 15 is 0 Å². The molecule has 180 valence electrons. The van der Waals surface area contributed by atoms with Crippen molar-refractivity contribution in [3.63, 3.8) is 0 Å². The Balaban J connectivity index is 1.70. The van der Waals surface area contributed by atoms with Gasteiger partial charge in [-0.05, 0) is 43.3 Å². The minimum Gasteiger partial charge on any atom is -0.508 e. The van der Waals surface area contributed by atoms with Crippen LogP contribution in [0.15, 0.2) is 83.8 Å². The lowest BCUT2D eigenvalue weighted by Gasteiger charge is -2.24. The number of nitrogens with two attached hydrogens (primary N) is 1. The summed E-state index contributed by atoms with van der Waals surface area (Å²) in [6, 6.07) is 19.5. The molecule has 0 atom stereocenters. The van der Waals surface area contributed by atoms with Crippen LogP contribution < -0.4 is 15.2 Å². The molecule has 4 N–H and O–H groups in total. The molecular weight excluding hydrogens is 480 g/mol. The smallest absolute Gasteiger partial charge is 0.261 e. The number of nitrogen functional groups attached to an aromatic ring is 1. The normalized spacial score (nSPS) is 12.6. The number of benzene rings is 4. The van der Waals surface area contributed by atoms with Gasteiger partial charge in [0.2, 0.25) is 0 Å². The van der Waals surface area contributed by atoms with E-state index in [4.69, 9.17) is 10.5 Å². The number of fused-ring (bicyclic) bond motifs is 2.